The molecule has 0 aliphatic carbocycles. The van der Waals surface area contributed by atoms with Gasteiger partial charge >= 0.3 is 0 Å². The van der Waals surface area contributed by atoms with Crippen molar-refractivity contribution >= 4 is 5.91 Å². The number of carbonyl (C=O) groups is 1. The van der Waals surface area contributed by atoms with Crippen LogP contribution in [0, 0.1) is 17.8 Å². The highest BCUT2D eigenvalue weighted by Crippen LogP contribution is 2.36. The van der Waals surface area contributed by atoms with Gasteiger partial charge in [0.1, 0.15) is 5.75 Å². The summed E-state index contributed by atoms with van der Waals surface area (Å²) in [6.45, 7) is 7.47. The van der Waals surface area contributed by atoms with Gasteiger partial charge in [-0.15, -0.1) is 0 Å². The van der Waals surface area contributed by atoms with E-state index in [1.165, 1.54) is 11.1 Å². The number of nitrogens with zero attached hydrogens (tertiary/aromatic N) is 2. The van der Waals surface area contributed by atoms with E-state index in [2.05, 4.69) is 23.1 Å². The number of aliphatic hydroxyl groups excluding tert-OH is 1. The molecule has 3 heterocycles. The van der Waals surface area contributed by atoms with Gasteiger partial charge in [-0.05, 0) is 47.8 Å². The highest BCUT2D eigenvalue weighted by molar-refractivity contribution is 5.73. The fraction of sp³-hybridized carbons (Fsp3) is 0.667. The van der Waals surface area contributed by atoms with E-state index in [9.17, 15) is 9.90 Å². The van der Waals surface area contributed by atoms with Crippen LogP contribution in [0.15, 0.2) is 18.2 Å². The number of rotatable bonds is 4. The summed E-state index contributed by atoms with van der Waals surface area (Å²) >= 11 is 0. The van der Waals surface area contributed by atoms with Crippen molar-refractivity contribution in [2.75, 3.05) is 39.4 Å². The van der Waals surface area contributed by atoms with Gasteiger partial charge in [-0.25, -0.2) is 0 Å². The van der Waals surface area contributed by atoms with Crippen molar-refractivity contribution in [2.45, 2.75) is 32.7 Å². The number of piperidine rings is 1. The molecule has 0 radical (unpaired) electrons. The molecule has 5 nitrogen and oxygen atoms in total. The Balaban J connectivity index is 1.37. The van der Waals surface area contributed by atoms with Crippen LogP contribution in [0.1, 0.15) is 30.9 Å². The number of hydrogen-bond donors (Lipinski definition) is 1. The second kappa shape index (κ2) is 7.57. The minimum Gasteiger partial charge on any atom is -0.493 e. The minimum absolute atomic E-state index is 0.191. The number of likely N-dealkylation sites (tertiary alicyclic amines) is 2. The van der Waals surface area contributed by atoms with Crippen LogP contribution in [0.25, 0.3) is 0 Å². The molecular weight excluding hydrogens is 328 g/mol. The molecule has 0 saturated carbocycles. The zero-order valence-electron chi connectivity index (χ0n) is 15.7. The molecule has 2 saturated heterocycles. The Labute approximate surface area is 155 Å². The molecule has 1 N–H and O–H groups in total. The van der Waals surface area contributed by atoms with Gasteiger partial charge in [0.15, 0.2) is 0 Å². The SMILES string of the molecule is CC(=O)N1CCC([C@@H]2CN(Cc3ccc4c(c3)CCO4)C[C@H]2CO)CC1. The fourth-order valence-corrected chi connectivity index (χ4v) is 5.08. The van der Waals surface area contributed by atoms with Crippen LogP contribution < -0.4 is 4.74 Å². The van der Waals surface area contributed by atoms with Crippen molar-refractivity contribution in [1.29, 1.82) is 0 Å². The Kier molecular flexibility index (Phi) is 5.18. The Morgan fingerprint density at radius 1 is 1.27 bits per heavy atom. The number of aliphatic hydroxyl groups is 1. The quantitative estimate of drug-likeness (QED) is 0.893. The molecule has 3 aliphatic heterocycles. The van der Waals surface area contributed by atoms with E-state index in [1.54, 1.807) is 6.92 Å². The smallest absolute Gasteiger partial charge is 0.219 e. The molecule has 142 valence electrons. The number of fused-ring (bicyclic) bond motifs is 1. The average molecular weight is 358 g/mol. The lowest BCUT2D eigenvalue weighted by atomic mass is 9.79. The molecular formula is C21H30N2O3. The summed E-state index contributed by atoms with van der Waals surface area (Å²) in [5, 5.41) is 9.91. The lowest BCUT2D eigenvalue weighted by Gasteiger charge is -2.36. The molecule has 4 rings (SSSR count). The molecule has 26 heavy (non-hydrogen) atoms. The second-order valence-corrected chi connectivity index (χ2v) is 8.18. The largest absolute Gasteiger partial charge is 0.493 e. The van der Waals surface area contributed by atoms with Crippen LogP contribution in [0.5, 0.6) is 5.75 Å². The molecule has 3 aliphatic rings. The van der Waals surface area contributed by atoms with E-state index in [4.69, 9.17) is 4.74 Å². The molecule has 1 aromatic rings. The van der Waals surface area contributed by atoms with Gasteiger partial charge in [0.25, 0.3) is 0 Å². The number of benzene rings is 1. The van der Waals surface area contributed by atoms with E-state index in [0.717, 1.165) is 64.3 Å². The van der Waals surface area contributed by atoms with Crippen LogP contribution in [0.4, 0.5) is 0 Å². The maximum absolute atomic E-state index is 11.6. The van der Waals surface area contributed by atoms with Crippen molar-refractivity contribution in [3.8, 4) is 5.75 Å². The van der Waals surface area contributed by atoms with Crippen molar-refractivity contribution in [1.82, 2.24) is 9.80 Å². The molecule has 0 unspecified atom stereocenters. The predicted octanol–water partition coefficient (Wildman–Crippen LogP) is 1.92. The van der Waals surface area contributed by atoms with Crippen molar-refractivity contribution in [3.63, 3.8) is 0 Å². The Hall–Kier alpha value is -1.59. The molecule has 1 amide bonds. The molecule has 0 bridgehead atoms. The Morgan fingerprint density at radius 3 is 2.81 bits per heavy atom. The lowest BCUT2D eigenvalue weighted by Crippen LogP contribution is -2.40. The Bertz CT molecular complexity index is 655. The topological polar surface area (TPSA) is 53.0 Å². The first-order valence-corrected chi connectivity index (χ1v) is 9.97. The van der Waals surface area contributed by atoms with Gasteiger partial charge in [-0.3, -0.25) is 9.69 Å². The first-order chi connectivity index (χ1) is 12.6. The minimum atomic E-state index is 0.191. The van der Waals surface area contributed by atoms with E-state index >= 15 is 0 Å². The molecule has 0 aromatic heterocycles. The van der Waals surface area contributed by atoms with Crippen molar-refractivity contribution in [3.05, 3.63) is 29.3 Å². The Morgan fingerprint density at radius 2 is 2.08 bits per heavy atom. The predicted molar refractivity (Wildman–Crippen MR) is 100.0 cm³/mol. The zero-order valence-corrected chi connectivity index (χ0v) is 15.7. The zero-order chi connectivity index (χ0) is 18.1. The summed E-state index contributed by atoms with van der Waals surface area (Å²) in [5.41, 5.74) is 2.67. The highest BCUT2D eigenvalue weighted by atomic mass is 16.5. The number of ether oxygens (including phenoxy) is 1. The van der Waals surface area contributed by atoms with Crippen molar-refractivity contribution in [2.24, 2.45) is 17.8 Å². The highest BCUT2D eigenvalue weighted by Gasteiger charge is 2.38. The molecule has 2 atom stereocenters. The number of amides is 1. The van der Waals surface area contributed by atoms with Gasteiger partial charge in [0.05, 0.1) is 6.61 Å². The summed E-state index contributed by atoms with van der Waals surface area (Å²) in [5.74, 6) is 2.77. The molecule has 5 heteroatoms. The standard InChI is InChI=1S/C21H30N2O3/c1-15(25)23-7-4-17(5-8-23)20-13-22(12-19(20)14-24)11-16-2-3-21-18(10-16)6-9-26-21/h2-3,10,17,19-20,24H,4-9,11-14H2,1H3/t19-,20-/m0/s1. The van der Waals surface area contributed by atoms with E-state index in [0.29, 0.717) is 17.8 Å². The maximum Gasteiger partial charge on any atom is 0.219 e. The summed E-state index contributed by atoms with van der Waals surface area (Å²) in [4.78, 5) is 16.0. The van der Waals surface area contributed by atoms with E-state index in [1.807, 2.05) is 4.90 Å². The van der Waals surface area contributed by atoms with Crippen LogP contribution in [0.2, 0.25) is 0 Å². The fourth-order valence-electron chi connectivity index (χ4n) is 5.08. The van der Waals surface area contributed by atoms with Gasteiger partial charge < -0.3 is 14.7 Å². The summed E-state index contributed by atoms with van der Waals surface area (Å²) in [6.07, 6.45) is 3.16. The lowest BCUT2D eigenvalue weighted by molar-refractivity contribution is -0.130. The van der Waals surface area contributed by atoms with Crippen LogP contribution in [-0.2, 0) is 17.8 Å². The first kappa shape index (κ1) is 17.8. The molecule has 2 fully saturated rings. The van der Waals surface area contributed by atoms with Crippen molar-refractivity contribution < 1.29 is 14.6 Å². The van der Waals surface area contributed by atoms with Crippen LogP contribution in [0.3, 0.4) is 0 Å². The third-order valence-electron chi connectivity index (χ3n) is 6.55. The maximum atomic E-state index is 11.6. The molecule has 1 aromatic carbocycles. The number of carbonyl (C=O) groups excluding carboxylic acids is 1. The number of hydrogen-bond acceptors (Lipinski definition) is 4. The third kappa shape index (κ3) is 3.60. The van der Waals surface area contributed by atoms with Gasteiger partial charge in [0, 0.05) is 52.7 Å². The van der Waals surface area contributed by atoms with Crippen LogP contribution >= 0.6 is 0 Å². The first-order valence-electron chi connectivity index (χ1n) is 9.97. The third-order valence-corrected chi connectivity index (χ3v) is 6.55. The van der Waals surface area contributed by atoms with Crippen LogP contribution in [-0.4, -0.2) is 60.2 Å². The molecule has 0 spiro atoms. The summed E-state index contributed by atoms with van der Waals surface area (Å²) in [6, 6.07) is 6.57. The van der Waals surface area contributed by atoms with Gasteiger partial charge in [0.2, 0.25) is 5.91 Å². The van der Waals surface area contributed by atoms with E-state index < -0.39 is 0 Å². The summed E-state index contributed by atoms with van der Waals surface area (Å²) < 4.78 is 5.61. The normalized spacial score (nSPS) is 26.8. The van der Waals surface area contributed by atoms with E-state index in [-0.39, 0.29) is 12.5 Å². The van der Waals surface area contributed by atoms with Gasteiger partial charge in [-0.1, -0.05) is 12.1 Å². The van der Waals surface area contributed by atoms with Gasteiger partial charge in [-0.2, -0.15) is 0 Å². The average Bonchev–Trinajstić information content (AvgIpc) is 3.28. The monoisotopic (exact) mass is 358 g/mol. The summed E-state index contributed by atoms with van der Waals surface area (Å²) in [7, 11) is 0. The second-order valence-electron chi connectivity index (χ2n) is 8.18.